The molecule has 0 aromatic carbocycles. The van der Waals surface area contributed by atoms with Gasteiger partial charge in [0.2, 0.25) is 10.0 Å². The molecule has 0 unspecified atom stereocenters. The average molecular weight is 242 g/mol. The van der Waals surface area contributed by atoms with Crippen molar-refractivity contribution in [1.82, 2.24) is 9.29 Å². The Morgan fingerprint density at radius 3 is 2.31 bits per heavy atom. The smallest absolute Gasteiger partial charge is 0.244 e. The van der Waals surface area contributed by atoms with Crippen LogP contribution in [-0.2, 0) is 10.0 Å². The lowest BCUT2D eigenvalue weighted by atomic mass is 10.0. The molecule has 0 radical (unpaired) electrons. The fraction of sp³-hybridized carbons (Fsp3) is 0.545. The maximum atomic E-state index is 11.9. The van der Waals surface area contributed by atoms with Gasteiger partial charge in [-0.25, -0.2) is 12.7 Å². The maximum absolute atomic E-state index is 11.9. The Bertz CT molecular complexity index is 479. The van der Waals surface area contributed by atoms with E-state index in [1.165, 1.54) is 24.6 Å². The normalized spacial score (nSPS) is 12.4. The molecule has 0 atom stereocenters. The third kappa shape index (κ3) is 2.41. The minimum atomic E-state index is -3.38. The molecule has 1 aromatic rings. The topological polar surface area (TPSA) is 50.3 Å². The second-order valence-corrected chi connectivity index (χ2v) is 6.44. The van der Waals surface area contributed by atoms with Crippen molar-refractivity contribution in [3.8, 4) is 0 Å². The van der Waals surface area contributed by atoms with Crippen LogP contribution in [-0.4, -0.2) is 31.8 Å². The van der Waals surface area contributed by atoms with Crippen molar-refractivity contribution in [2.24, 2.45) is 0 Å². The van der Waals surface area contributed by atoms with Gasteiger partial charge in [0.05, 0.1) is 0 Å². The summed E-state index contributed by atoms with van der Waals surface area (Å²) in [5, 5.41) is 0. The molecule has 0 spiro atoms. The zero-order chi connectivity index (χ0) is 12.5. The molecule has 0 saturated heterocycles. The van der Waals surface area contributed by atoms with Crippen molar-refractivity contribution >= 4 is 10.0 Å². The summed E-state index contributed by atoms with van der Waals surface area (Å²) in [6.45, 7) is 5.94. The first-order valence-corrected chi connectivity index (χ1v) is 6.60. The second kappa shape index (κ2) is 4.51. The Labute approximate surface area is 97.4 Å². The van der Waals surface area contributed by atoms with Gasteiger partial charge in [-0.05, 0) is 24.5 Å². The molecule has 4 nitrogen and oxygen atoms in total. The minimum absolute atomic E-state index is 0.256. The third-order valence-corrected chi connectivity index (χ3v) is 4.28. The molecular weight excluding hydrogens is 224 g/mol. The Kier molecular flexibility index (Phi) is 3.70. The minimum Gasteiger partial charge on any atom is -0.260 e. The summed E-state index contributed by atoms with van der Waals surface area (Å²) in [4.78, 5) is 4.40. The van der Waals surface area contributed by atoms with E-state index in [1.807, 2.05) is 20.8 Å². The molecular formula is C11H18N2O2S. The van der Waals surface area contributed by atoms with Crippen LogP contribution in [0.15, 0.2) is 17.2 Å². The summed E-state index contributed by atoms with van der Waals surface area (Å²) in [6, 6.07) is 1.71. The Morgan fingerprint density at radius 2 is 1.88 bits per heavy atom. The molecule has 0 fully saturated rings. The summed E-state index contributed by atoms with van der Waals surface area (Å²) >= 11 is 0. The summed E-state index contributed by atoms with van der Waals surface area (Å²) in [5.41, 5.74) is 1.86. The number of hydrogen-bond acceptors (Lipinski definition) is 3. The molecule has 0 bridgehead atoms. The van der Waals surface area contributed by atoms with Crippen molar-refractivity contribution in [3.63, 3.8) is 0 Å². The first-order chi connectivity index (χ1) is 7.26. The third-order valence-electron chi connectivity index (χ3n) is 2.50. The molecule has 0 N–H and O–H groups in total. The highest BCUT2D eigenvalue weighted by Gasteiger charge is 2.19. The van der Waals surface area contributed by atoms with Gasteiger partial charge in [0.1, 0.15) is 4.90 Å². The quantitative estimate of drug-likeness (QED) is 0.811. The molecule has 0 saturated carbocycles. The molecule has 90 valence electrons. The lowest BCUT2D eigenvalue weighted by Gasteiger charge is -2.14. The summed E-state index contributed by atoms with van der Waals surface area (Å²) in [5.74, 6) is 0.268. The van der Waals surface area contributed by atoms with E-state index in [0.29, 0.717) is 0 Å². The van der Waals surface area contributed by atoms with E-state index in [4.69, 9.17) is 0 Å². The summed E-state index contributed by atoms with van der Waals surface area (Å²) < 4.78 is 25.0. The van der Waals surface area contributed by atoms with Crippen LogP contribution in [0.3, 0.4) is 0 Å². The van der Waals surface area contributed by atoms with Crippen molar-refractivity contribution in [1.29, 1.82) is 0 Å². The van der Waals surface area contributed by atoms with E-state index in [2.05, 4.69) is 4.98 Å². The molecule has 0 aliphatic heterocycles. The SMILES string of the molecule is Cc1ncc(S(=O)(=O)N(C)C)cc1C(C)C. The van der Waals surface area contributed by atoms with Gasteiger partial charge in [-0.1, -0.05) is 13.8 Å². The average Bonchev–Trinajstić information content (AvgIpc) is 2.17. The molecule has 1 aromatic heterocycles. The van der Waals surface area contributed by atoms with E-state index in [1.54, 1.807) is 6.07 Å². The van der Waals surface area contributed by atoms with Gasteiger partial charge in [0.15, 0.2) is 0 Å². The molecule has 1 rings (SSSR count). The molecule has 1 heterocycles. The van der Waals surface area contributed by atoms with E-state index < -0.39 is 10.0 Å². The summed E-state index contributed by atoms with van der Waals surface area (Å²) in [6.07, 6.45) is 1.41. The number of aryl methyl sites for hydroxylation is 1. The van der Waals surface area contributed by atoms with Crippen molar-refractivity contribution < 1.29 is 8.42 Å². The molecule has 16 heavy (non-hydrogen) atoms. The van der Waals surface area contributed by atoms with Crippen LogP contribution in [0.5, 0.6) is 0 Å². The Balaban J connectivity index is 3.34. The zero-order valence-corrected chi connectivity index (χ0v) is 11.2. The highest BCUT2D eigenvalue weighted by molar-refractivity contribution is 7.89. The fourth-order valence-electron chi connectivity index (χ4n) is 1.47. The molecule has 0 aliphatic carbocycles. The predicted molar refractivity (Wildman–Crippen MR) is 63.9 cm³/mol. The number of aromatic nitrogens is 1. The first-order valence-electron chi connectivity index (χ1n) is 5.16. The van der Waals surface area contributed by atoms with Crippen LogP contribution in [0.2, 0.25) is 0 Å². The van der Waals surface area contributed by atoms with Gasteiger partial charge >= 0.3 is 0 Å². The molecule has 5 heteroatoms. The van der Waals surface area contributed by atoms with Gasteiger partial charge in [0, 0.05) is 26.0 Å². The number of hydrogen-bond donors (Lipinski definition) is 0. The number of rotatable bonds is 3. The highest BCUT2D eigenvalue weighted by atomic mass is 32.2. The van der Waals surface area contributed by atoms with Crippen LogP contribution in [0.25, 0.3) is 0 Å². The largest absolute Gasteiger partial charge is 0.260 e. The van der Waals surface area contributed by atoms with Crippen LogP contribution >= 0.6 is 0 Å². The van der Waals surface area contributed by atoms with E-state index in [0.717, 1.165) is 11.3 Å². The van der Waals surface area contributed by atoms with Crippen LogP contribution in [0.1, 0.15) is 31.0 Å². The van der Waals surface area contributed by atoms with Crippen molar-refractivity contribution in [2.45, 2.75) is 31.6 Å². The lowest BCUT2D eigenvalue weighted by Crippen LogP contribution is -2.22. The van der Waals surface area contributed by atoms with E-state index in [9.17, 15) is 8.42 Å². The number of nitrogens with zero attached hydrogens (tertiary/aromatic N) is 2. The maximum Gasteiger partial charge on any atom is 0.244 e. The van der Waals surface area contributed by atoms with Gasteiger partial charge in [0.25, 0.3) is 0 Å². The zero-order valence-electron chi connectivity index (χ0n) is 10.4. The molecule has 0 amide bonds. The van der Waals surface area contributed by atoms with Crippen molar-refractivity contribution in [2.75, 3.05) is 14.1 Å². The highest BCUT2D eigenvalue weighted by Crippen LogP contribution is 2.21. The number of pyridine rings is 1. The van der Waals surface area contributed by atoms with E-state index in [-0.39, 0.29) is 10.8 Å². The van der Waals surface area contributed by atoms with Gasteiger partial charge in [-0.2, -0.15) is 0 Å². The van der Waals surface area contributed by atoms with Crippen LogP contribution < -0.4 is 0 Å². The molecule has 0 aliphatic rings. The fourth-order valence-corrected chi connectivity index (χ4v) is 2.35. The van der Waals surface area contributed by atoms with Gasteiger partial charge < -0.3 is 0 Å². The van der Waals surface area contributed by atoms with Gasteiger partial charge in [-0.3, -0.25) is 4.98 Å². The predicted octanol–water partition coefficient (Wildman–Crippen LogP) is 1.76. The van der Waals surface area contributed by atoms with Crippen LogP contribution in [0, 0.1) is 6.92 Å². The second-order valence-electron chi connectivity index (χ2n) is 4.29. The Morgan fingerprint density at radius 1 is 1.31 bits per heavy atom. The number of sulfonamides is 1. The monoisotopic (exact) mass is 242 g/mol. The first kappa shape index (κ1) is 13.1. The van der Waals surface area contributed by atoms with E-state index >= 15 is 0 Å². The van der Waals surface area contributed by atoms with Crippen molar-refractivity contribution in [3.05, 3.63) is 23.5 Å². The standard InChI is InChI=1S/C11H18N2O2S/c1-8(2)11-6-10(7-12-9(11)3)16(14,15)13(4)5/h6-8H,1-5H3. The lowest BCUT2D eigenvalue weighted by molar-refractivity contribution is 0.520. The van der Waals surface area contributed by atoms with Crippen LogP contribution in [0.4, 0.5) is 0 Å². The summed E-state index contributed by atoms with van der Waals surface area (Å²) in [7, 11) is -0.343. The van der Waals surface area contributed by atoms with Gasteiger partial charge in [-0.15, -0.1) is 0 Å². The Hall–Kier alpha value is -0.940.